The quantitative estimate of drug-likeness (QED) is 0.0441. The Balaban J connectivity index is 0.935. The Bertz CT molecular complexity index is 3050. The third-order valence-corrected chi connectivity index (χ3v) is 10.4. The number of nitrogens with zero attached hydrogens (tertiary/aromatic N) is 9. The summed E-state index contributed by atoms with van der Waals surface area (Å²) in [5.74, 6) is -5.15. The lowest BCUT2D eigenvalue weighted by atomic mass is 10.3. The van der Waals surface area contributed by atoms with Gasteiger partial charge in [0.05, 0.1) is 23.5 Å². The molecular weight excluding hydrogens is 929 g/mol. The fourth-order valence-electron chi connectivity index (χ4n) is 6.99. The minimum atomic E-state index is -1.05. The van der Waals surface area contributed by atoms with Crippen LogP contribution in [0.1, 0.15) is 89.0 Å². The van der Waals surface area contributed by atoms with Crippen molar-refractivity contribution in [2.45, 2.75) is 25.7 Å². The highest BCUT2D eigenvalue weighted by molar-refractivity contribution is 6.08. The maximum atomic E-state index is 13.3. The SMILES string of the molecule is Cn1cc(NC(=O)c2cc(NC(=O)c3cc(NC(=O)CCCNC(=O)c4nc(NC(=O)c5nc(NC(=O)c6nc(NC(=O)CCN)cn6C)cn5C)cn4C)cn3C)cn2C)cc1C(=O)NCCC(=O)O. The van der Waals surface area contributed by atoms with Gasteiger partial charge in [0.1, 0.15) is 17.1 Å². The van der Waals surface area contributed by atoms with Gasteiger partial charge in [0.15, 0.2) is 17.5 Å². The summed E-state index contributed by atoms with van der Waals surface area (Å²) in [6.45, 7) is 0.192. The van der Waals surface area contributed by atoms with E-state index in [1.54, 1.807) is 48.5 Å². The van der Waals surface area contributed by atoms with E-state index in [1.165, 1.54) is 76.6 Å². The molecule has 0 bridgehead atoms. The van der Waals surface area contributed by atoms with Gasteiger partial charge in [0, 0.05) is 112 Å². The van der Waals surface area contributed by atoms with Gasteiger partial charge < -0.3 is 80.8 Å². The minimum Gasteiger partial charge on any atom is -0.481 e. The number of aromatic nitrogens is 9. The van der Waals surface area contributed by atoms with Crippen LogP contribution >= 0.6 is 0 Å². The van der Waals surface area contributed by atoms with E-state index in [9.17, 15) is 43.2 Å². The molecule has 0 aliphatic carbocycles. The summed E-state index contributed by atoms with van der Waals surface area (Å²) in [5.41, 5.74) is 6.96. The van der Waals surface area contributed by atoms with E-state index < -0.39 is 41.4 Å². The molecule has 6 rings (SSSR count). The molecular formula is C43H52N18O10. The number of nitrogens with two attached hydrogens (primary N) is 1. The highest BCUT2D eigenvalue weighted by Crippen LogP contribution is 2.21. The fourth-order valence-corrected chi connectivity index (χ4v) is 6.99. The second-order valence-corrected chi connectivity index (χ2v) is 16.1. The molecule has 28 heteroatoms. The number of carbonyl (C=O) groups excluding carboxylic acids is 8. The number of carboxylic acid groups (broad SMARTS) is 1. The number of carbonyl (C=O) groups is 9. The largest absolute Gasteiger partial charge is 0.481 e. The van der Waals surface area contributed by atoms with E-state index in [2.05, 4.69) is 57.5 Å². The molecule has 0 atom stereocenters. The van der Waals surface area contributed by atoms with Crippen molar-refractivity contribution in [2.75, 3.05) is 51.5 Å². The zero-order valence-corrected chi connectivity index (χ0v) is 39.4. The van der Waals surface area contributed by atoms with Gasteiger partial charge in [0.25, 0.3) is 35.4 Å². The molecule has 0 fully saturated rings. The Morgan fingerprint density at radius 2 is 0.845 bits per heavy atom. The second kappa shape index (κ2) is 22.2. The van der Waals surface area contributed by atoms with Gasteiger partial charge in [-0.2, -0.15) is 0 Å². The number of imidazole rings is 3. The molecule has 71 heavy (non-hydrogen) atoms. The normalized spacial score (nSPS) is 10.9. The van der Waals surface area contributed by atoms with Gasteiger partial charge in [-0.15, -0.1) is 0 Å². The molecule has 0 radical (unpaired) electrons. The molecule has 28 nitrogen and oxygen atoms in total. The predicted octanol–water partition coefficient (Wildman–Crippen LogP) is 0.552. The van der Waals surface area contributed by atoms with E-state index in [1.807, 2.05) is 0 Å². The summed E-state index contributed by atoms with van der Waals surface area (Å²) in [6.07, 6.45) is 9.01. The summed E-state index contributed by atoms with van der Waals surface area (Å²) < 4.78 is 8.69. The monoisotopic (exact) mass is 980 g/mol. The van der Waals surface area contributed by atoms with Gasteiger partial charge in [0.2, 0.25) is 29.3 Å². The number of anilines is 6. The van der Waals surface area contributed by atoms with Gasteiger partial charge in [-0.05, 0) is 24.6 Å². The molecule has 0 aliphatic heterocycles. The molecule has 6 aromatic rings. The molecule has 6 heterocycles. The first-order valence-electron chi connectivity index (χ1n) is 21.6. The van der Waals surface area contributed by atoms with Crippen molar-refractivity contribution in [1.82, 2.24) is 53.0 Å². The molecule has 6 aromatic heterocycles. The lowest BCUT2D eigenvalue weighted by molar-refractivity contribution is -0.136. The van der Waals surface area contributed by atoms with Crippen molar-refractivity contribution < 1.29 is 48.3 Å². The van der Waals surface area contributed by atoms with E-state index >= 15 is 0 Å². The molecule has 0 aliphatic rings. The summed E-state index contributed by atoms with van der Waals surface area (Å²) in [4.78, 5) is 126. The van der Waals surface area contributed by atoms with Crippen LogP contribution in [0.5, 0.6) is 0 Å². The van der Waals surface area contributed by atoms with Gasteiger partial charge in [-0.3, -0.25) is 43.2 Å². The van der Waals surface area contributed by atoms with Crippen molar-refractivity contribution in [3.05, 3.63) is 89.9 Å². The number of hydrogen-bond donors (Lipinski definition) is 10. The van der Waals surface area contributed by atoms with E-state index in [0.29, 0.717) is 17.1 Å². The van der Waals surface area contributed by atoms with Crippen molar-refractivity contribution in [1.29, 1.82) is 0 Å². The number of hydrogen-bond acceptors (Lipinski definition) is 13. The molecule has 0 saturated carbocycles. The number of rotatable bonds is 21. The maximum absolute atomic E-state index is 13.3. The van der Waals surface area contributed by atoms with Crippen LogP contribution < -0.4 is 48.3 Å². The smallest absolute Gasteiger partial charge is 0.305 e. The summed E-state index contributed by atoms with van der Waals surface area (Å²) >= 11 is 0. The highest BCUT2D eigenvalue weighted by atomic mass is 16.4. The van der Waals surface area contributed by atoms with Crippen LogP contribution in [-0.2, 0) is 56.7 Å². The molecule has 11 N–H and O–H groups in total. The molecule has 0 unspecified atom stereocenters. The topological polar surface area (TPSA) is 364 Å². The number of amides is 8. The van der Waals surface area contributed by atoms with Crippen molar-refractivity contribution in [3.63, 3.8) is 0 Å². The first-order valence-corrected chi connectivity index (χ1v) is 21.6. The van der Waals surface area contributed by atoms with Crippen molar-refractivity contribution >= 4 is 87.7 Å². The van der Waals surface area contributed by atoms with Gasteiger partial charge in [-0.1, -0.05) is 0 Å². The fraction of sp³-hybridized carbons (Fsp3) is 0.302. The molecule has 374 valence electrons. The number of carboxylic acids is 1. The van der Waals surface area contributed by atoms with Crippen LogP contribution in [0.3, 0.4) is 0 Å². The van der Waals surface area contributed by atoms with Crippen LogP contribution in [-0.4, -0.2) is 120 Å². The first-order chi connectivity index (χ1) is 33.7. The van der Waals surface area contributed by atoms with Crippen LogP contribution in [0.4, 0.5) is 34.5 Å². The maximum Gasteiger partial charge on any atom is 0.305 e. The number of nitrogens with one attached hydrogen (secondary N) is 8. The van der Waals surface area contributed by atoms with Crippen LogP contribution in [0.25, 0.3) is 0 Å². The highest BCUT2D eigenvalue weighted by Gasteiger charge is 2.23. The van der Waals surface area contributed by atoms with Crippen LogP contribution in [0.15, 0.2) is 55.4 Å². The Hall–Kier alpha value is -9.34. The second-order valence-electron chi connectivity index (χ2n) is 16.1. The Kier molecular flexibility index (Phi) is 16.0. The third-order valence-electron chi connectivity index (χ3n) is 10.4. The predicted molar refractivity (Wildman–Crippen MR) is 255 cm³/mol. The Labute approximate surface area is 403 Å². The molecule has 0 aromatic carbocycles. The molecule has 0 spiro atoms. The Morgan fingerprint density at radius 3 is 1.30 bits per heavy atom. The summed E-state index contributed by atoms with van der Waals surface area (Å²) in [5, 5.41) is 29.9. The lowest BCUT2D eigenvalue weighted by Gasteiger charge is -2.05. The van der Waals surface area contributed by atoms with E-state index in [-0.39, 0.29) is 109 Å². The summed E-state index contributed by atoms with van der Waals surface area (Å²) in [6, 6.07) is 4.39. The van der Waals surface area contributed by atoms with Crippen LogP contribution in [0, 0.1) is 0 Å². The zero-order chi connectivity index (χ0) is 51.7. The standard InChI is InChI=1S/C43H52N18O10/c1-56-18-24(15-26(56)38(66)46-13-10-34(64)65)48-40(68)28-16-25(19-58(28)3)49-39(67)27-14-23(17-57(27)2)47-32(62)8-7-12-45-41(69)35-52-30(21-59(35)4)54-43(71)37-53-31(22-61(37)6)55-42(70)36-51-29(20-60(36)5)50-33(63)9-11-44/h14-22H,7-13,44H2,1-6H3,(H,45,69)(H,46,66)(H,47,62)(H,48,68)(H,49,67)(H,50,63)(H,54,71)(H,55,70)(H,64,65). The van der Waals surface area contributed by atoms with Crippen molar-refractivity contribution in [3.8, 4) is 0 Å². The van der Waals surface area contributed by atoms with Crippen LogP contribution in [0.2, 0.25) is 0 Å². The molecule has 8 amide bonds. The minimum absolute atomic E-state index is 0.0139. The average Bonchev–Trinajstić information content (AvgIpc) is 4.15. The lowest BCUT2D eigenvalue weighted by Crippen LogP contribution is -2.28. The van der Waals surface area contributed by atoms with Gasteiger partial charge in [-0.25, -0.2) is 15.0 Å². The Morgan fingerprint density at radius 1 is 0.451 bits per heavy atom. The third kappa shape index (κ3) is 13.0. The first kappa shape index (κ1) is 51.1. The average molecular weight is 981 g/mol. The number of aryl methyl sites for hydroxylation is 6. The van der Waals surface area contributed by atoms with Crippen molar-refractivity contribution in [2.24, 2.45) is 48.0 Å². The zero-order valence-electron chi connectivity index (χ0n) is 39.4. The summed E-state index contributed by atoms with van der Waals surface area (Å²) in [7, 11) is 9.49. The van der Waals surface area contributed by atoms with E-state index in [0.717, 1.165) is 0 Å². The molecule has 0 saturated heterocycles. The van der Waals surface area contributed by atoms with Gasteiger partial charge >= 0.3 is 5.97 Å². The number of aliphatic carboxylic acids is 1. The van der Waals surface area contributed by atoms with E-state index in [4.69, 9.17) is 10.8 Å².